The molecule has 2 heterocycles. The fourth-order valence-corrected chi connectivity index (χ4v) is 5.37. The van der Waals surface area contributed by atoms with Gasteiger partial charge in [0.1, 0.15) is 5.75 Å². The second kappa shape index (κ2) is 12.3. The number of benzene rings is 2. The average molecular weight is 507 g/mol. The van der Waals surface area contributed by atoms with Crippen LogP contribution in [0.25, 0.3) is 11.4 Å². The highest BCUT2D eigenvalue weighted by atomic mass is 16.4. The highest BCUT2D eigenvalue weighted by Crippen LogP contribution is 2.35. The number of hydrogen-bond acceptors (Lipinski definition) is 7. The molecule has 0 radical (unpaired) electrons. The van der Waals surface area contributed by atoms with Crippen LogP contribution in [-0.2, 0) is 11.3 Å². The smallest absolute Gasteiger partial charge is 0.303 e. The number of tetrazole rings is 1. The van der Waals surface area contributed by atoms with Crippen molar-refractivity contribution in [2.24, 2.45) is 0 Å². The van der Waals surface area contributed by atoms with Crippen LogP contribution >= 0.6 is 0 Å². The number of aryl methyl sites for hydroxylation is 1. The Bertz CT molecular complexity index is 1160. The lowest BCUT2D eigenvalue weighted by Crippen LogP contribution is -2.57. The highest BCUT2D eigenvalue weighted by molar-refractivity contribution is 5.66. The van der Waals surface area contributed by atoms with E-state index in [9.17, 15) is 9.90 Å². The van der Waals surface area contributed by atoms with E-state index in [0.717, 1.165) is 42.7 Å². The number of phenols is 1. The van der Waals surface area contributed by atoms with E-state index in [1.165, 1.54) is 0 Å². The second-order valence-corrected chi connectivity index (χ2v) is 10.1. The SMILES string of the molecule is CCCN1C[C@H](C)N([C@H](c2ccc(-c3nnnn3CCCCC(=O)O)cc2)c2cccc(O)c2)C[C@H]1C. The highest BCUT2D eigenvalue weighted by Gasteiger charge is 2.34. The molecular formula is C28H38N6O3. The molecular weight excluding hydrogens is 468 g/mol. The number of aromatic nitrogens is 4. The molecule has 1 aromatic heterocycles. The van der Waals surface area contributed by atoms with Gasteiger partial charge in [-0.05, 0) is 73.3 Å². The lowest BCUT2D eigenvalue weighted by Gasteiger charge is -2.47. The summed E-state index contributed by atoms with van der Waals surface area (Å²) in [5, 5.41) is 31.3. The maximum Gasteiger partial charge on any atom is 0.303 e. The van der Waals surface area contributed by atoms with Gasteiger partial charge >= 0.3 is 5.97 Å². The fraction of sp³-hybridized carbons (Fsp3) is 0.500. The van der Waals surface area contributed by atoms with Gasteiger partial charge in [0.25, 0.3) is 0 Å². The van der Waals surface area contributed by atoms with Crippen LogP contribution in [0.4, 0.5) is 0 Å². The lowest BCUT2D eigenvalue weighted by molar-refractivity contribution is -0.137. The number of carboxylic acid groups (broad SMARTS) is 1. The van der Waals surface area contributed by atoms with Gasteiger partial charge in [-0.1, -0.05) is 43.3 Å². The van der Waals surface area contributed by atoms with Crippen LogP contribution in [0.15, 0.2) is 48.5 Å². The maximum absolute atomic E-state index is 10.8. The van der Waals surface area contributed by atoms with Crippen LogP contribution in [0.1, 0.15) is 63.6 Å². The lowest BCUT2D eigenvalue weighted by atomic mass is 9.92. The van der Waals surface area contributed by atoms with Crippen molar-refractivity contribution in [3.05, 3.63) is 59.7 Å². The van der Waals surface area contributed by atoms with Gasteiger partial charge in [0.05, 0.1) is 6.04 Å². The van der Waals surface area contributed by atoms with E-state index in [0.29, 0.717) is 37.3 Å². The van der Waals surface area contributed by atoms with Crippen LogP contribution in [0.3, 0.4) is 0 Å². The number of aromatic hydroxyl groups is 1. The Morgan fingerprint density at radius 1 is 1.03 bits per heavy atom. The Labute approximate surface area is 218 Å². The quantitative estimate of drug-likeness (QED) is 0.373. The van der Waals surface area contributed by atoms with E-state index in [2.05, 4.69) is 64.3 Å². The number of aliphatic carboxylic acids is 1. The summed E-state index contributed by atoms with van der Waals surface area (Å²) in [5.41, 5.74) is 3.13. The Morgan fingerprint density at radius 2 is 1.81 bits per heavy atom. The normalized spacial score (nSPS) is 19.6. The molecule has 0 bridgehead atoms. The zero-order chi connectivity index (χ0) is 26.4. The summed E-state index contributed by atoms with van der Waals surface area (Å²) in [6, 6.07) is 16.7. The molecule has 0 saturated carbocycles. The molecule has 1 saturated heterocycles. The van der Waals surface area contributed by atoms with E-state index in [1.807, 2.05) is 24.3 Å². The Kier molecular flexibility index (Phi) is 8.89. The molecule has 3 atom stereocenters. The fourth-order valence-electron chi connectivity index (χ4n) is 5.37. The number of unbranched alkanes of at least 4 members (excludes halogenated alkanes) is 1. The number of hydrogen-bond donors (Lipinski definition) is 2. The zero-order valence-corrected chi connectivity index (χ0v) is 22.0. The zero-order valence-electron chi connectivity index (χ0n) is 22.0. The van der Waals surface area contributed by atoms with E-state index >= 15 is 0 Å². The number of carboxylic acids is 1. The molecule has 1 aliphatic heterocycles. The number of nitrogens with zero attached hydrogens (tertiary/aromatic N) is 6. The van der Waals surface area contributed by atoms with Crippen LogP contribution in [-0.4, -0.2) is 77.9 Å². The summed E-state index contributed by atoms with van der Waals surface area (Å²) in [5.74, 6) is 0.154. The monoisotopic (exact) mass is 506 g/mol. The third-order valence-corrected chi connectivity index (χ3v) is 7.22. The minimum atomic E-state index is -0.788. The van der Waals surface area contributed by atoms with Crippen LogP contribution < -0.4 is 0 Å². The Morgan fingerprint density at radius 3 is 2.51 bits per heavy atom. The molecule has 2 N–H and O–H groups in total. The minimum absolute atomic E-state index is 0.00869. The molecule has 0 aliphatic carbocycles. The maximum atomic E-state index is 10.8. The average Bonchev–Trinajstić information content (AvgIpc) is 3.34. The predicted molar refractivity (Wildman–Crippen MR) is 142 cm³/mol. The van der Waals surface area contributed by atoms with Crippen molar-refractivity contribution in [1.29, 1.82) is 0 Å². The van der Waals surface area contributed by atoms with E-state index < -0.39 is 5.97 Å². The van der Waals surface area contributed by atoms with Crippen LogP contribution in [0, 0.1) is 0 Å². The van der Waals surface area contributed by atoms with Crippen LogP contribution in [0.2, 0.25) is 0 Å². The van der Waals surface area contributed by atoms with Gasteiger partial charge in [-0.2, -0.15) is 0 Å². The molecule has 0 amide bonds. The third-order valence-electron chi connectivity index (χ3n) is 7.22. The minimum Gasteiger partial charge on any atom is -0.508 e. The summed E-state index contributed by atoms with van der Waals surface area (Å²) < 4.78 is 1.74. The first-order valence-electron chi connectivity index (χ1n) is 13.2. The topological polar surface area (TPSA) is 108 Å². The predicted octanol–water partition coefficient (Wildman–Crippen LogP) is 4.19. The Balaban J connectivity index is 1.59. The first-order chi connectivity index (χ1) is 17.9. The van der Waals surface area contributed by atoms with Crippen molar-refractivity contribution in [3.8, 4) is 17.1 Å². The third kappa shape index (κ3) is 6.53. The molecule has 4 rings (SSSR count). The van der Waals surface area contributed by atoms with Crippen molar-refractivity contribution in [2.45, 2.75) is 71.1 Å². The first-order valence-corrected chi connectivity index (χ1v) is 13.2. The molecule has 0 spiro atoms. The largest absolute Gasteiger partial charge is 0.508 e. The molecule has 1 fully saturated rings. The molecule has 198 valence electrons. The molecule has 1 aliphatic rings. The molecule has 37 heavy (non-hydrogen) atoms. The van der Waals surface area contributed by atoms with E-state index in [1.54, 1.807) is 10.7 Å². The number of piperazine rings is 1. The number of phenolic OH excluding ortho intramolecular Hbond substituents is 1. The Hall–Kier alpha value is -3.30. The summed E-state index contributed by atoms with van der Waals surface area (Å²) in [4.78, 5) is 15.9. The van der Waals surface area contributed by atoms with Crippen molar-refractivity contribution >= 4 is 5.97 Å². The van der Waals surface area contributed by atoms with Crippen molar-refractivity contribution in [1.82, 2.24) is 30.0 Å². The molecule has 9 heteroatoms. The van der Waals surface area contributed by atoms with Gasteiger partial charge in [0.15, 0.2) is 5.82 Å². The first kappa shape index (κ1) is 26.8. The number of rotatable bonds is 11. The molecule has 3 aromatic rings. The molecule has 0 unspecified atom stereocenters. The van der Waals surface area contributed by atoms with Gasteiger partial charge < -0.3 is 10.2 Å². The van der Waals surface area contributed by atoms with E-state index in [4.69, 9.17) is 5.11 Å². The van der Waals surface area contributed by atoms with Crippen LogP contribution in [0.5, 0.6) is 5.75 Å². The van der Waals surface area contributed by atoms with Crippen molar-refractivity contribution < 1.29 is 15.0 Å². The molecule has 9 nitrogen and oxygen atoms in total. The van der Waals surface area contributed by atoms with Crippen molar-refractivity contribution in [2.75, 3.05) is 19.6 Å². The van der Waals surface area contributed by atoms with E-state index in [-0.39, 0.29) is 18.2 Å². The summed E-state index contributed by atoms with van der Waals surface area (Å²) >= 11 is 0. The summed E-state index contributed by atoms with van der Waals surface area (Å²) in [6.07, 6.45) is 2.57. The second-order valence-electron chi connectivity index (χ2n) is 10.1. The van der Waals surface area contributed by atoms with Gasteiger partial charge in [-0.3, -0.25) is 14.6 Å². The van der Waals surface area contributed by atoms with Gasteiger partial charge in [0, 0.05) is 43.7 Å². The van der Waals surface area contributed by atoms with Gasteiger partial charge in [-0.25, -0.2) is 4.68 Å². The number of carbonyl (C=O) groups is 1. The van der Waals surface area contributed by atoms with Gasteiger partial charge in [0.2, 0.25) is 0 Å². The molecule has 2 aromatic carbocycles. The van der Waals surface area contributed by atoms with Gasteiger partial charge in [-0.15, -0.1) is 5.10 Å². The van der Waals surface area contributed by atoms with Crippen molar-refractivity contribution in [3.63, 3.8) is 0 Å². The summed E-state index contributed by atoms with van der Waals surface area (Å²) in [7, 11) is 0. The standard InChI is InChI=1S/C28H38N6O3/c1-4-15-32-18-21(3)33(19-20(32)2)27(24-8-7-9-25(35)17-24)22-11-13-23(14-12-22)28-29-30-31-34(28)16-6-5-10-26(36)37/h7-9,11-14,17,20-21,27,35H,4-6,10,15-16,18-19H2,1-3H3,(H,36,37)/t20-,21+,27-/m1/s1. The summed E-state index contributed by atoms with van der Waals surface area (Å²) in [6.45, 7) is 10.4.